The Bertz CT molecular complexity index is 955. The third-order valence-corrected chi connectivity index (χ3v) is 4.47. The zero-order valence-electron chi connectivity index (χ0n) is 14.7. The maximum absolute atomic E-state index is 11.4. The van der Waals surface area contributed by atoms with Crippen LogP contribution in [-0.4, -0.2) is 41.6 Å². The summed E-state index contributed by atoms with van der Waals surface area (Å²) in [4.78, 5) is 15.0. The zero-order valence-corrected chi connectivity index (χ0v) is 15.5. The predicted octanol–water partition coefficient (Wildman–Crippen LogP) is 2.64. The number of nitrogens with one attached hydrogen (secondary N) is 1. The maximum atomic E-state index is 11.4. The molecule has 9 nitrogen and oxygen atoms in total. The minimum absolute atomic E-state index is 0.0487. The van der Waals surface area contributed by atoms with Gasteiger partial charge < -0.3 is 14.9 Å². The largest absolute Gasteiger partial charge is 0.506 e. The van der Waals surface area contributed by atoms with Crippen LogP contribution < -0.4 is 10.2 Å². The van der Waals surface area contributed by atoms with E-state index < -0.39 is 15.8 Å². The second-order valence-electron chi connectivity index (χ2n) is 5.61. The van der Waals surface area contributed by atoms with Crippen molar-refractivity contribution < 1.29 is 28.2 Å². The first-order chi connectivity index (χ1) is 12.7. The number of phenolic OH excluding ortho intramolecular Hbond substituents is 1. The first-order valence-electron chi connectivity index (χ1n) is 7.93. The average molecular weight is 393 g/mol. The molecule has 0 aliphatic heterocycles. The van der Waals surface area contributed by atoms with Crippen molar-refractivity contribution in [3.63, 3.8) is 0 Å². The van der Waals surface area contributed by atoms with Crippen LogP contribution >= 0.6 is 0 Å². The highest BCUT2D eigenvalue weighted by Gasteiger charge is 2.11. The number of ether oxygens (including phenoxy) is 1. The molecule has 0 radical (unpaired) electrons. The molecule has 10 heteroatoms. The molecule has 3 N–H and O–H groups in total. The van der Waals surface area contributed by atoms with Gasteiger partial charge in [0.1, 0.15) is 17.2 Å². The fraction of sp³-hybridized carbons (Fsp3) is 0.235. The molecular weight excluding hydrogens is 374 g/mol. The van der Waals surface area contributed by atoms with E-state index in [4.69, 9.17) is 9.84 Å². The van der Waals surface area contributed by atoms with Crippen LogP contribution in [0, 0.1) is 0 Å². The van der Waals surface area contributed by atoms with Gasteiger partial charge in [-0.2, -0.15) is 5.10 Å². The molecular formula is C17H19N3O6S. The van der Waals surface area contributed by atoms with Crippen LogP contribution in [0.1, 0.15) is 19.8 Å². The van der Waals surface area contributed by atoms with Crippen molar-refractivity contribution in [3.05, 3.63) is 36.5 Å². The molecule has 0 fully saturated rings. The Morgan fingerprint density at radius 2 is 2.04 bits per heavy atom. The van der Waals surface area contributed by atoms with Crippen LogP contribution in [0.5, 0.6) is 17.4 Å². The van der Waals surface area contributed by atoms with Crippen molar-refractivity contribution >= 4 is 27.2 Å². The smallest absolute Gasteiger partial charge is 0.352 e. The van der Waals surface area contributed by atoms with Crippen molar-refractivity contribution in [1.82, 2.24) is 4.98 Å². The van der Waals surface area contributed by atoms with Crippen molar-refractivity contribution in [3.8, 4) is 17.4 Å². The number of hydrazone groups is 1. The molecule has 1 aromatic heterocycles. The van der Waals surface area contributed by atoms with E-state index in [2.05, 4.69) is 15.5 Å². The summed E-state index contributed by atoms with van der Waals surface area (Å²) in [6, 6.07) is 7.04. The Balaban J connectivity index is 2.12. The summed E-state index contributed by atoms with van der Waals surface area (Å²) in [5.41, 5.74) is 2.67. The van der Waals surface area contributed by atoms with Gasteiger partial charge in [0.05, 0.1) is 10.6 Å². The van der Waals surface area contributed by atoms with Crippen molar-refractivity contribution in [2.75, 3.05) is 11.7 Å². The van der Waals surface area contributed by atoms with Crippen LogP contribution in [0.3, 0.4) is 0 Å². The number of phenols is 1. The summed E-state index contributed by atoms with van der Waals surface area (Å²) in [7, 11) is -3.35. The Morgan fingerprint density at radius 1 is 1.30 bits per heavy atom. The van der Waals surface area contributed by atoms with Gasteiger partial charge in [-0.3, -0.25) is 5.43 Å². The number of carbonyl (C=O) groups is 1. The number of anilines is 1. The average Bonchev–Trinajstić information content (AvgIpc) is 2.59. The Morgan fingerprint density at radius 3 is 2.56 bits per heavy atom. The minimum Gasteiger partial charge on any atom is -0.506 e. The molecule has 0 amide bonds. The molecule has 1 aromatic carbocycles. The SMILES string of the molecule is CCCC(=NNc1ccc(Oc2ccc(S(C)(=O)=O)cn2)cc1O)C(=O)O. The van der Waals surface area contributed by atoms with Gasteiger partial charge in [-0.05, 0) is 24.6 Å². The van der Waals surface area contributed by atoms with Crippen molar-refractivity contribution in [2.24, 2.45) is 5.10 Å². The number of aromatic hydroxyl groups is 1. The highest BCUT2D eigenvalue weighted by atomic mass is 32.2. The van der Waals surface area contributed by atoms with Gasteiger partial charge in [0.15, 0.2) is 9.84 Å². The third kappa shape index (κ3) is 5.68. The summed E-state index contributed by atoms with van der Waals surface area (Å²) in [6.07, 6.45) is 3.17. The molecule has 1 heterocycles. The lowest BCUT2D eigenvalue weighted by molar-refractivity contribution is -0.129. The first-order valence-corrected chi connectivity index (χ1v) is 9.82. The lowest BCUT2D eigenvalue weighted by Crippen LogP contribution is -2.14. The monoisotopic (exact) mass is 393 g/mol. The van der Waals surface area contributed by atoms with Crippen LogP contribution in [0.4, 0.5) is 5.69 Å². The molecule has 0 saturated heterocycles. The molecule has 0 aliphatic carbocycles. The van der Waals surface area contributed by atoms with E-state index in [9.17, 15) is 18.3 Å². The lowest BCUT2D eigenvalue weighted by atomic mass is 10.2. The van der Waals surface area contributed by atoms with Gasteiger partial charge in [0.25, 0.3) is 0 Å². The second-order valence-corrected chi connectivity index (χ2v) is 7.63. The zero-order chi connectivity index (χ0) is 20.0. The van der Waals surface area contributed by atoms with Crippen LogP contribution in [-0.2, 0) is 14.6 Å². The number of hydrogen-bond acceptors (Lipinski definition) is 8. The van der Waals surface area contributed by atoms with Gasteiger partial charge in [0, 0.05) is 24.6 Å². The number of sulfone groups is 1. The number of hydrogen-bond donors (Lipinski definition) is 3. The fourth-order valence-electron chi connectivity index (χ4n) is 2.01. The van der Waals surface area contributed by atoms with Crippen LogP contribution in [0.25, 0.3) is 0 Å². The summed E-state index contributed by atoms with van der Waals surface area (Å²) in [5.74, 6) is -0.928. The number of benzene rings is 1. The molecule has 0 spiro atoms. The molecule has 144 valence electrons. The number of aliphatic carboxylic acids is 1. The Hall–Kier alpha value is -3.14. The van der Waals surface area contributed by atoms with Gasteiger partial charge in [0.2, 0.25) is 5.88 Å². The van der Waals surface area contributed by atoms with Gasteiger partial charge in [-0.1, -0.05) is 13.3 Å². The number of rotatable bonds is 8. The maximum Gasteiger partial charge on any atom is 0.352 e. The lowest BCUT2D eigenvalue weighted by Gasteiger charge is -2.09. The number of carboxylic acid groups (broad SMARTS) is 1. The molecule has 0 saturated carbocycles. The summed E-state index contributed by atoms with van der Waals surface area (Å²) in [6.45, 7) is 1.83. The van der Waals surface area contributed by atoms with E-state index in [1.54, 1.807) is 0 Å². The van der Waals surface area contributed by atoms with Gasteiger partial charge >= 0.3 is 5.97 Å². The number of nitrogens with zero attached hydrogens (tertiary/aromatic N) is 2. The first kappa shape index (κ1) is 20.2. The quantitative estimate of drug-likeness (QED) is 0.353. The number of aromatic nitrogens is 1. The van der Waals surface area contributed by atoms with E-state index in [0.29, 0.717) is 12.8 Å². The van der Waals surface area contributed by atoms with Gasteiger partial charge in [-0.15, -0.1) is 0 Å². The van der Waals surface area contributed by atoms with E-state index in [0.717, 1.165) is 6.26 Å². The molecule has 0 bridgehead atoms. The summed E-state index contributed by atoms with van der Waals surface area (Å²) in [5, 5.41) is 22.9. The van der Waals surface area contributed by atoms with Crippen LogP contribution in [0.15, 0.2) is 46.5 Å². The fourth-order valence-corrected chi connectivity index (χ4v) is 2.57. The summed E-state index contributed by atoms with van der Waals surface area (Å²) < 4.78 is 28.3. The molecule has 2 rings (SSSR count). The van der Waals surface area contributed by atoms with Gasteiger partial charge in [-0.25, -0.2) is 18.2 Å². The molecule has 0 aliphatic rings. The van der Waals surface area contributed by atoms with E-state index in [1.807, 2.05) is 6.92 Å². The van der Waals surface area contributed by atoms with E-state index >= 15 is 0 Å². The number of pyridine rings is 1. The third-order valence-electron chi connectivity index (χ3n) is 3.37. The van der Waals surface area contributed by atoms with E-state index in [-0.39, 0.29) is 33.7 Å². The molecule has 0 unspecified atom stereocenters. The molecule has 27 heavy (non-hydrogen) atoms. The normalized spacial score (nSPS) is 11.9. The summed E-state index contributed by atoms with van der Waals surface area (Å²) >= 11 is 0. The minimum atomic E-state index is -3.35. The Kier molecular flexibility index (Phi) is 6.35. The second kappa shape index (κ2) is 8.49. The number of carboxylic acids is 1. The Labute approximate surface area is 156 Å². The standard InChI is InChI=1S/C17H19N3O6S/c1-3-4-14(17(22)23)20-19-13-7-5-11(9-15(13)21)26-16-8-6-12(10-18-16)27(2,24)25/h5-10,19,21H,3-4H2,1-2H3,(H,22,23). The molecule has 2 aromatic rings. The predicted molar refractivity (Wildman–Crippen MR) is 99.1 cm³/mol. The topological polar surface area (TPSA) is 138 Å². The highest BCUT2D eigenvalue weighted by Crippen LogP contribution is 2.30. The van der Waals surface area contributed by atoms with E-state index in [1.165, 1.54) is 36.5 Å². The highest BCUT2D eigenvalue weighted by molar-refractivity contribution is 7.90. The van der Waals surface area contributed by atoms with Crippen molar-refractivity contribution in [2.45, 2.75) is 24.7 Å². The van der Waals surface area contributed by atoms with Crippen molar-refractivity contribution in [1.29, 1.82) is 0 Å². The molecule has 0 atom stereocenters. The van der Waals surface area contributed by atoms with Crippen LogP contribution in [0.2, 0.25) is 0 Å².